The van der Waals surface area contributed by atoms with E-state index in [0.717, 1.165) is 10.9 Å². The van der Waals surface area contributed by atoms with Crippen LogP contribution in [0.1, 0.15) is 10.4 Å². The zero-order chi connectivity index (χ0) is 19.6. The van der Waals surface area contributed by atoms with Crippen LogP contribution in [0.2, 0.25) is 0 Å². The Morgan fingerprint density at radius 2 is 1.69 bits per heavy atom. The number of hydrogen-bond acceptors (Lipinski definition) is 5. The van der Waals surface area contributed by atoms with Crippen molar-refractivity contribution in [3.8, 4) is 22.9 Å². The maximum atomic E-state index is 13.1. The monoisotopic (exact) mass is 383 g/mol. The summed E-state index contributed by atoms with van der Waals surface area (Å²) < 4.78 is 11.1. The zero-order valence-electron chi connectivity index (χ0n) is 15.5. The SMILES string of the molecule is O=C(Nc1ccc2c(c1)OCCO2)c1cc(-c2ccccn2)nc2ccccc12. The van der Waals surface area contributed by atoms with Gasteiger partial charge >= 0.3 is 0 Å². The van der Waals surface area contributed by atoms with E-state index >= 15 is 0 Å². The first kappa shape index (κ1) is 17.2. The number of aromatic nitrogens is 2. The van der Waals surface area contributed by atoms with Gasteiger partial charge in [-0.05, 0) is 36.4 Å². The van der Waals surface area contributed by atoms with Crippen LogP contribution < -0.4 is 14.8 Å². The van der Waals surface area contributed by atoms with E-state index in [0.29, 0.717) is 47.4 Å². The van der Waals surface area contributed by atoms with Crippen molar-refractivity contribution in [3.63, 3.8) is 0 Å². The number of carbonyl (C=O) groups excluding carboxylic acids is 1. The predicted molar refractivity (Wildman–Crippen MR) is 110 cm³/mol. The van der Waals surface area contributed by atoms with Crippen molar-refractivity contribution in [3.05, 3.63) is 78.5 Å². The topological polar surface area (TPSA) is 73.3 Å². The fourth-order valence-corrected chi connectivity index (χ4v) is 3.33. The lowest BCUT2D eigenvalue weighted by molar-refractivity contribution is 0.102. The van der Waals surface area contributed by atoms with Gasteiger partial charge < -0.3 is 14.8 Å². The normalized spacial score (nSPS) is 12.6. The maximum Gasteiger partial charge on any atom is 0.256 e. The highest BCUT2D eigenvalue weighted by atomic mass is 16.6. The molecule has 0 radical (unpaired) electrons. The molecule has 0 saturated heterocycles. The molecule has 0 spiro atoms. The Bertz CT molecular complexity index is 1210. The first-order valence-electron chi connectivity index (χ1n) is 9.30. The van der Waals surface area contributed by atoms with Crippen molar-refractivity contribution in [2.45, 2.75) is 0 Å². The fourth-order valence-electron chi connectivity index (χ4n) is 3.33. The van der Waals surface area contributed by atoms with Gasteiger partial charge in [-0.3, -0.25) is 9.78 Å². The lowest BCUT2D eigenvalue weighted by Crippen LogP contribution is -2.16. The number of rotatable bonds is 3. The first-order chi connectivity index (χ1) is 14.3. The van der Waals surface area contributed by atoms with Gasteiger partial charge in [-0.2, -0.15) is 0 Å². The fraction of sp³-hybridized carbons (Fsp3) is 0.0870. The Kier molecular flexibility index (Phi) is 4.29. The first-order valence-corrected chi connectivity index (χ1v) is 9.30. The molecule has 1 aliphatic rings. The summed E-state index contributed by atoms with van der Waals surface area (Å²) in [5, 5.41) is 3.74. The molecule has 0 aliphatic carbocycles. The quantitative estimate of drug-likeness (QED) is 0.570. The number of nitrogens with zero attached hydrogens (tertiary/aromatic N) is 2. The summed E-state index contributed by atoms with van der Waals surface area (Å²) >= 11 is 0. The second kappa shape index (κ2) is 7.24. The Morgan fingerprint density at radius 3 is 2.55 bits per heavy atom. The van der Waals surface area contributed by atoms with E-state index in [1.54, 1.807) is 30.5 Å². The second-order valence-corrected chi connectivity index (χ2v) is 6.60. The van der Waals surface area contributed by atoms with Gasteiger partial charge in [0.1, 0.15) is 13.2 Å². The highest BCUT2D eigenvalue weighted by Gasteiger charge is 2.17. The average Bonchev–Trinajstić information content (AvgIpc) is 2.79. The van der Waals surface area contributed by atoms with E-state index in [1.807, 2.05) is 42.5 Å². The van der Waals surface area contributed by atoms with E-state index < -0.39 is 0 Å². The van der Waals surface area contributed by atoms with Gasteiger partial charge in [-0.1, -0.05) is 24.3 Å². The number of carbonyl (C=O) groups is 1. The number of para-hydroxylation sites is 1. The minimum absolute atomic E-state index is 0.225. The molecule has 0 saturated carbocycles. The van der Waals surface area contributed by atoms with Gasteiger partial charge in [-0.25, -0.2) is 4.98 Å². The van der Waals surface area contributed by atoms with Crippen LogP contribution in [0.3, 0.4) is 0 Å². The van der Waals surface area contributed by atoms with Gasteiger partial charge in [0.2, 0.25) is 0 Å². The van der Waals surface area contributed by atoms with Crippen molar-refractivity contribution >= 4 is 22.5 Å². The lowest BCUT2D eigenvalue weighted by atomic mass is 10.1. The molecule has 0 bridgehead atoms. The summed E-state index contributed by atoms with van der Waals surface area (Å²) in [4.78, 5) is 22.2. The van der Waals surface area contributed by atoms with Gasteiger partial charge in [0.05, 0.1) is 22.5 Å². The molecule has 4 aromatic rings. The molecule has 142 valence electrons. The van der Waals surface area contributed by atoms with E-state index in [-0.39, 0.29) is 5.91 Å². The van der Waals surface area contributed by atoms with Crippen LogP contribution in [0.15, 0.2) is 72.9 Å². The third-order valence-electron chi connectivity index (χ3n) is 4.69. The van der Waals surface area contributed by atoms with Crippen molar-refractivity contribution in [2.24, 2.45) is 0 Å². The Hall–Kier alpha value is -3.93. The van der Waals surface area contributed by atoms with E-state index in [9.17, 15) is 4.79 Å². The summed E-state index contributed by atoms with van der Waals surface area (Å²) in [5.74, 6) is 1.08. The molecule has 0 fully saturated rings. The highest BCUT2D eigenvalue weighted by molar-refractivity contribution is 6.13. The van der Waals surface area contributed by atoms with Crippen molar-refractivity contribution in [1.29, 1.82) is 0 Å². The number of fused-ring (bicyclic) bond motifs is 2. The molecule has 29 heavy (non-hydrogen) atoms. The average molecular weight is 383 g/mol. The summed E-state index contributed by atoms with van der Waals surface area (Å²) in [6, 6.07) is 20.3. The molecule has 1 N–H and O–H groups in total. The third kappa shape index (κ3) is 3.36. The zero-order valence-corrected chi connectivity index (χ0v) is 15.5. The lowest BCUT2D eigenvalue weighted by Gasteiger charge is -2.19. The van der Waals surface area contributed by atoms with Crippen LogP contribution >= 0.6 is 0 Å². The van der Waals surface area contributed by atoms with Crippen LogP contribution in [0.4, 0.5) is 5.69 Å². The summed E-state index contributed by atoms with van der Waals surface area (Å²) in [6.07, 6.45) is 1.71. The molecule has 1 amide bonds. The maximum absolute atomic E-state index is 13.1. The number of ether oxygens (including phenoxy) is 2. The molecule has 0 atom stereocenters. The molecular weight excluding hydrogens is 366 g/mol. The van der Waals surface area contributed by atoms with E-state index in [4.69, 9.17) is 9.47 Å². The summed E-state index contributed by atoms with van der Waals surface area (Å²) in [5.41, 5.74) is 3.27. The molecule has 6 nitrogen and oxygen atoms in total. The predicted octanol–water partition coefficient (Wildman–Crippen LogP) is 4.32. The Balaban J connectivity index is 1.54. The molecule has 6 heteroatoms. The Morgan fingerprint density at radius 1 is 0.862 bits per heavy atom. The molecule has 3 heterocycles. The number of nitrogens with one attached hydrogen (secondary N) is 1. The smallest absolute Gasteiger partial charge is 0.256 e. The number of hydrogen-bond donors (Lipinski definition) is 1. The van der Waals surface area contributed by atoms with Gasteiger partial charge in [0, 0.05) is 23.3 Å². The van der Waals surface area contributed by atoms with Gasteiger partial charge in [0.25, 0.3) is 5.91 Å². The molecule has 2 aromatic carbocycles. The molecule has 1 aliphatic heterocycles. The van der Waals surface area contributed by atoms with E-state index in [1.165, 1.54) is 0 Å². The Labute approximate surface area is 167 Å². The van der Waals surface area contributed by atoms with Crippen LogP contribution in [0.25, 0.3) is 22.3 Å². The van der Waals surface area contributed by atoms with Crippen LogP contribution in [0.5, 0.6) is 11.5 Å². The summed E-state index contributed by atoms with van der Waals surface area (Å²) in [7, 11) is 0. The third-order valence-corrected chi connectivity index (χ3v) is 4.69. The number of benzene rings is 2. The number of amides is 1. The van der Waals surface area contributed by atoms with E-state index in [2.05, 4.69) is 15.3 Å². The largest absolute Gasteiger partial charge is 0.486 e. The molecule has 0 unspecified atom stereocenters. The van der Waals surface area contributed by atoms with Crippen LogP contribution in [-0.2, 0) is 0 Å². The standard InChI is InChI=1S/C23H17N3O3/c27-23(25-15-8-9-21-22(13-15)29-12-11-28-21)17-14-20(19-7-3-4-10-24-19)26-18-6-2-1-5-16(17)18/h1-10,13-14H,11-12H2,(H,25,27). The van der Waals surface area contributed by atoms with Crippen molar-refractivity contribution in [2.75, 3.05) is 18.5 Å². The number of pyridine rings is 2. The minimum atomic E-state index is -0.225. The van der Waals surface area contributed by atoms with Gasteiger partial charge in [0.15, 0.2) is 11.5 Å². The second-order valence-electron chi connectivity index (χ2n) is 6.60. The highest BCUT2D eigenvalue weighted by Crippen LogP contribution is 2.33. The number of anilines is 1. The molecular formula is C23H17N3O3. The van der Waals surface area contributed by atoms with Gasteiger partial charge in [-0.15, -0.1) is 0 Å². The molecule has 2 aromatic heterocycles. The van der Waals surface area contributed by atoms with Crippen LogP contribution in [0, 0.1) is 0 Å². The van der Waals surface area contributed by atoms with Crippen molar-refractivity contribution in [1.82, 2.24) is 9.97 Å². The van der Waals surface area contributed by atoms with Crippen molar-refractivity contribution < 1.29 is 14.3 Å². The van der Waals surface area contributed by atoms with Crippen LogP contribution in [-0.4, -0.2) is 29.1 Å². The summed E-state index contributed by atoms with van der Waals surface area (Å²) in [6.45, 7) is 1.02. The minimum Gasteiger partial charge on any atom is -0.486 e. The molecule has 5 rings (SSSR count).